The summed E-state index contributed by atoms with van der Waals surface area (Å²) in [4.78, 5) is 0. The maximum Gasteiger partial charge on any atom is 0.106 e. The van der Waals surface area contributed by atoms with Crippen LogP contribution in [0.5, 0.6) is 0 Å². The number of furan rings is 1. The lowest BCUT2D eigenvalue weighted by Gasteiger charge is -1.89. The van der Waals surface area contributed by atoms with Gasteiger partial charge < -0.3 is 4.42 Å². The van der Waals surface area contributed by atoms with Crippen molar-refractivity contribution >= 4 is 0 Å². The molecule has 10 heavy (non-hydrogen) atoms. The van der Waals surface area contributed by atoms with Gasteiger partial charge in [-0.1, -0.05) is 13.8 Å². The van der Waals surface area contributed by atoms with Crippen molar-refractivity contribution in [2.24, 2.45) is 0 Å². The van der Waals surface area contributed by atoms with Crippen molar-refractivity contribution in [3.8, 4) is 0 Å². The molecule has 1 heterocycles. The van der Waals surface area contributed by atoms with Crippen LogP contribution in [0.25, 0.3) is 0 Å². The highest BCUT2D eigenvalue weighted by Crippen LogP contribution is 2.14. The molecule has 0 saturated carbocycles. The fourth-order valence-electron chi connectivity index (χ4n) is 1.12. The summed E-state index contributed by atoms with van der Waals surface area (Å²) in [6.45, 7) is 6.32. The van der Waals surface area contributed by atoms with Crippen molar-refractivity contribution in [1.29, 1.82) is 0 Å². The van der Waals surface area contributed by atoms with Crippen molar-refractivity contribution in [1.82, 2.24) is 0 Å². The van der Waals surface area contributed by atoms with Crippen LogP contribution in [0.2, 0.25) is 0 Å². The summed E-state index contributed by atoms with van der Waals surface area (Å²) in [7, 11) is 0. The van der Waals surface area contributed by atoms with Gasteiger partial charge in [-0.15, -0.1) is 0 Å². The van der Waals surface area contributed by atoms with Crippen LogP contribution in [0.15, 0.2) is 10.5 Å². The lowest BCUT2D eigenvalue weighted by atomic mass is 10.2. The minimum absolute atomic E-state index is 1.00. The maximum atomic E-state index is 5.51. The molecule has 0 radical (unpaired) electrons. The van der Waals surface area contributed by atoms with Gasteiger partial charge in [0.05, 0.1) is 0 Å². The standard InChI is InChI=1S/C9H14O/c1-4-8-6-7(3)9(5-2)10-8/h6H,4-5H2,1-3H3. The summed E-state index contributed by atoms with van der Waals surface area (Å²) in [6, 6.07) is 2.12. The molecule has 1 nitrogen and oxygen atoms in total. The van der Waals surface area contributed by atoms with Gasteiger partial charge in [-0.3, -0.25) is 0 Å². The van der Waals surface area contributed by atoms with E-state index in [1.54, 1.807) is 0 Å². The number of rotatable bonds is 2. The number of aryl methyl sites for hydroxylation is 3. The molecule has 1 aromatic rings. The Morgan fingerprint density at radius 1 is 1.30 bits per heavy atom. The lowest BCUT2D eigenvalue weighted by molar-refractivity contribution is 0.472. The van der Waals surface area contributed by atoms with Crippen molar-refractivity contribution in [2.45, 2.75) is 33.6 Å². The van der Waals surface area contributed by atoms with Crippen LogP contribution in [0, 0.1) is 6.92 Å². The molecule has 0 N–H and O–H groups in total. The quantitative estimate of drug-likeness (QED) is 0.612. The van der Waals surface area contributed by atoms with Crippen LogP contribution in [-0.2, 0) is 12.8 Å². The maximum absolute atomic E-state index is 5.51. The normalized spacial score (nSPS) is 10.3. The Labute approximate surface area is 62.1 Å². The van der Waals surface area contributed by atoms with Gasteiger partial charge in [-0.05, 0) is 18.6 Å². The molecule has 0 spiro atoms. The lowest BCUT2D eigenvalue weighted by Crippen LogP contribution is -1.75. The molecule has 0 fully saturated rings. The molecule has 0 unspecified atom stereocenters. The van der Waals surface area contributed by atoms with Crippen LogP contribution in [0.1, 0.15) is 30.9 Å². The van der Waals surface area contributed by atoms with Crippen LogP contribution in [0.4, 0.5) is 0 Å². The Morgan fingerprint density at radius 2 is 2.00 bits per heavy atom. The molecule has 0 bridgehead atoms. The first-order chi connectivity index (χ1) is 4.77. The first kappa shape index (κ1) is 7.39. The third-order valence-corrected chi connectivity index (χ3v) is 1.74. The van der Waals surface area contributed by atoms with Crippen molar-refractivity contribution in [3.05, 3.63) is 23.2 Å². The summed E-state index contributed by atoms with van der Waals surface area (Å²) < 4.78 is 5.51. The van der Waals surface area contributed by atoms with E-state index in [1.165, 1.54) is 5.56 Å². The second-order valence-electron chi connectivity index (χ2n) is 2.53. The van der Waals surface area contributed by atoms with Gasteiger partial charge in [-0.2, -0.15) is 0 Å². The number of hydrogen-bond donors (Lipinski definition) is 0. The second-order valence-corrected chi connectivity index (χ2v) is 2.53. The molecular weight excluding hydrogens is 124 g/mol. The van der Waals surface area contributed by atoms with E-state index < -0.39 is 0 Å². The van der Waals surface area contributed by atoms with E-state index in [9.17, 15) is 0 Å². The zero-order chi connectivity index (χ0) is 7.56. The molecule has 0 aliphatic rings. The van der Waals surface area contributed by atoms with Gasteiger partial charge in [0.25, 0.3) is 0 Å². The zero-order valence-electron chi connectivity index (χ0n) is 6.90. The summed E-state index contributed by atoms with van der Waals surface area (Å²) in [5, 5.41) is 0. The van der Waals surface area contributed by atoms with Crippen LogP contribution in [0.3, 0.4) is 0 Å². The zero-order valence-corrected chi connectivity index (χ0v) is 6.90. The van der Waals surface area contributed by atoms with Gasteiger partial charge in [0, 0.05) is 12.8 Å². The van der Waals surface area contributed by atoms with E-state index in [0.717, 1.165) is 24.4 Å². The monoisotopic (exact) mass is 138 g/mol. The minimum atomic E-state index is 1.00. The Balaban J connectivity index is 2.92. The molecule has 0 aliphatic heterocycles. The van der Waals surface area contributed by atoms with Gasteiger partial charge in [-0.25, -0.2) is 0 Å². The van der Waals surface area contributed by atoms with Gasteiger partial charge >= 0.3 is 0 Å². The predicted molar refractivity (Wildman–Crippen MR) is 42.2 cm³/mol. The molecule has 1 rings (SSSR count). The highest BCUT2D eigenvalue weighted by atomic mass is 16.3. The molecular formula is C9H14O. The second kappa shape index (κ2) is 2.91. The van der Waals surface area contributed by atoms with Crippen molar-refractivity contribution < 1.29 is 4.42 Å². The summed E-state index contributed by atoms with van der Waals surface area (Å²) >= 11 is 0. The van der Waals surface area contributed by atoms with E-state index in [-0.39, 0.29) is 0 Å². The topological polar surface area (TPSA) is 13.1 Å². The third kappa shape index (κ3) is 1.23. The van der Waals surface area contributed by atoms with E-state index in [2.05, 4.69) is 26.8 Å². The molecule has 0 saturated heterocycles. The Hall–Kier alpha value is -0.720. The SMILES string of the molecule is CCc1cc(C)c(CC)o1. The summed E-state index contributed by atoms with van der Waals surface area (Å²) in [6.07, 6.45) is 2.01. The molecule has 56 valence electrons. The predicted octanol–water partition coefficient (Wildman–Crippen LogP) is 2.71. The fraction of sp³-hybridized carbons (Fsp3) is 0.556. The molecule has 0 amide bonds. The number of hydrogen-bond acceptors (Lipinski definition) is 1. The largest absolute Gasteiger partial charge is 0.466 e. The average Bonchev–Trinajstić information content (AvgIpc) is 2.30. The van der Waals surface area contributed by atoms with Crippen LogP contribution < -0.4 is 0 Å². The van der Waals surface area contributed by atoms with E-state index in [1.807, 2.05) is 0 Å². The van der Waals surface area contributed by atoms with Crippen molar-refractivity contribution in [2.75, 3.05) is 0 Å². The highest BCUT2D eigenvalue weighted by molar-refractivity contribution is 5.19. The Morgan fingerprint density at radius 3 is 2.30 bits per heavy atom. The summed E-state index contributed by atoms with van der Waals surface area (Å²) in [5.41, 5.74) is 1.29. The van der Waals surface area contributed by atoms with Gasteiger partial charge in [0.15, 0.2) is 0 Å². The highest BCUT2D eigenvalue weighted by Gasteiger charge is 2.02. The molecule has 1 heteroatoms. The van der Waals surface area contributed by atoms with Gasteiger partial charge in [0.2, 0.25) is 0 Å². The fourth-order valence-corrected chi connectivity index (χ4v) is 1.12. The van der Waals surface area contributed by atoms with E-state index >= 15 is 0 Å². The molecule has 0 aliphatic carbocycles. The van der Waals surface area contributed by atoms with Crippen molar-refractivity contribution in [3.63, 3.8) is 0 Å². The molecule has 0 aromatic carbocycles. The summed E-state index contributed by atoms with van der Waals surface area (Å²) in [5.74, 6) is 2.24. The Bertz CT molecular complexity index is 211. The first-order valence-corrected chi connectivity index (χ1v) is 3.86. The third-order valence-electron chi connectivity index (χ3n) is 1.74. The van der Waals surface area contributed by atoms with E-state index in [4.69, 9.17) is 4.42 Å². The Kier molecular flexibility index (Phi) is 2.15. The first-order valence-electron chi connectivity index (χ1n) is 3.86. The van der Waals surface area contributed by atoms with Crippen LogP contribution in [-0.4, -0.2) is 0 Å². The molecule has 1 aromatic heterocycles. The van der Waals surface area contributed by atoms with Gasteiger partial charge in [0.1, 0.15) is 11.5 Å². The average molecular weight is 138 g/mol. The molecule has 0 atom stereocenters. The van der Waals surface area contributed by atoms with Crippen LogP contribution >= 0.6 is 0 Å². The van der Waals surface area contributed by atoms with E-state index in [0.29, 0.717) is 0 Å². The smallest absolute Gasteiger partial charge is 0.106 e. The minimum Gasteiger partial charge on any atom is -0.466 e.